The second kappa shape index (κ2) is 4.65. The Morgan fingerprint density at radius 3 is 3.20 bits per heavy atom. The zero-order valence-corrected chi connectivity index (χ0v) is 9.33. The van der Waals surface area contributed by atoms with Gasteiger partial charge in [-0.25, -0.2) is 4.98 Å². The molecule has 1 fully saturated rings. The van der Waals surface area contributed by atoms with E-state index in [1.54, 1.807) is 18.0 Å². The summed E-state index contributed by atoms with van der Waals surface area (Å²) in [5.41, 5.74) is 0.478. The summed E-state index contributed by atoms with van der Waals surface area (Å²) >= 11 is 1.77. The second-order valence-electron chi connectivity index (χ2n) is 3.51. The van der Waals surface area contributed by atoms with Crippen LogP contribution in [-0.2, 0) is 4.74 Å². The van der Waals surface area contributed by atoms with Gasteiger partial charge in [-0.1, -0.05) is 0 Å². The monoisotopic (exact) mass is 220 g/mol. The molecular formula is C11H12N2OS. The van der Waals surface area contributed by atoms with Gasteiger partial charge in [-0.15, -0.1) is 11.8 Å². The summed E-state index contributed by atoms with van der Waals surface area (Å²) in [5.74, 6) is 0. The lowest BCUT2D eigenvalue weighted by Gasteiger charge is -2.12. The van der Waals surface area contributed by atoms with E-state index in [9.17, 15) is 0 Å². The maximum absolute atomic E-state index is 8.73. The quantitative estimate of drug-likeness (QED) is 0.766. The number of hydrogen-bond acceptors (Lipinski definition) is 4. The molecule has 1 aromatic rings. The van der Waals surface area contributed by atoms with Crippen LogP contribution in [0.15, 0.2) is 23.2 Å². The van der Waals surface area contributed by atoms with Crippen LogP contribution in [0.25, 0.3) is 0 Å². The Balaban J connectivity index is 2.07. The highest BCUT2D eigenvalue weighted by molar-refractivity contribution is 8.00. The van der Waals surface area contributed by atoms with Crippen molar-refractivity contribution in [2.45, 2.75) is 29.6 Å². The molecule has 15 heavy (non-hydrogen) atoms. The van der Waals surface area contributed by atoms with Crippen molar-refractivity contribution in [1.82, 2.24) is 4.98 Å². The van der Waals surface area contributed by atoms with E-state index in [-0.39, 0.29) is 0 Å². The number of thioether (sulfide) groups is 1. The molecule has 0 saturated carbocycles. The Hall–Kier alpha value is -1.05. The molecule has 0 aromatic carbocycles. The lowest BCUT2D eigenvalue weighted by atomic mass is 10.3. The van der Waals surface area contributed by atoms with Gasteiger partial charge in [-0.05, 0) is 25.5 Å². The number of nitrogens with zero attached hydrogens (tertiary/aromatic N) is 2. The normalized spacial score (nSPS) is 25.1. The van der Waals surface area contributed by atoms with Crippen molar-refractivity contribution >= 4 is 11.8 Å². The average Bonchev–Trinajstić information content (AvgIpc) is 2.65. The van der Waals surface area contributed by atoms with Crippen molar-refractivity contribution in [3.8, 4) is 6.07 Å². The number of rotatable bonds is 2. The molecule has 2 rings (SSSR count). The largest absolute Gasteiger partial charge is 0.377 e. The van der Waals surface area contributed by atoms with Crippen LogP contribution in [-0.4, -0.2) is 22.9 Å². The number of aromatic nitrogens is 1. The molecule has 4 heteroatoms. The van der Waals surface area contributed by atoms with Crippen molar-refractivity contribution in [2.24, 2.45) is 0 Å². The van der Waals surface area contributed by atoms with Gasteiger partial charge in [0, 0.05) is 22.9 Å². The van der Waals surface area contributed by atoms with Crippen LogP contribution in [0.2, 0.25) is 0 Å². The van der Waals surface area contributed by atoms with Gasteiger partial charge < -0.3 is 4.74 Å². The van der Waals surface area contributed by atoms with Crippen molar-refractivity contribution in [2.75, 3.05) is 6.61 Å². The molecule has 0 bridgehead atoms. The molecule has 2 heterocycles. The highest BCUT2D eigenvalue weighted by Crippen LogP contribution is 2.32. The first-order valence-corrected chi connectivity index (χ1v) is 5.82. The molecule has 1 aliphatic rings. The van der Waals surface area contributed by atoms with Gasteiger partial charge >= 0.3 is 0 Å². The molecule has 1 aliphatic heterocycles. The minimum absolute atomic E-state index is 0.300. The van der Waals surface area contributed by atoms with E-state index in [0.29, 0.717) is 17.0 Å². The third kappa shape index (κ3) is 2.49. The molecular weight excluding hydrogens is 208 g/mol. The topological polar surface area (TPSA) is 45.9 Å². The van der Waals surface area contributed by atoms with Crippen molar-refractivity contribution < 1.29 is 4.74 Å². The highest BCUT2D eigenvalue weighted by atomic mass is 32.2. The van der Waals surface area contributed by atoms with Gasteiger partial charge in [0.25, 0.3) is 0 Å². The summed E-state index contributed by atoms with van der Waals surface area (Å²) in [4.78, 5) is 5.05. The summed E-state index contributed by atoms with van der Waals surface area (Å²) in [6, 6.07) is 5.82. The van der Waals surface area contributed by atoms with Crippen molar-refractivity contribution in [3.05, 3.63) is 24.0 Å². The zero-order chi connectivity index (χ0) is 10.7. The molecule has 3 nitrogen and oxygen atoms in total. The van der Waals surface area contributed by atoms with Crippen molar-refractivity contribution in [3.63, 3.8) is 0 Å². The van der Waals surface area contributed by atoms with Crippen LogP contribution in [0.3, 0.4) is 0 Å². The predicted octanol–water partition coefficient (Wildman–Crippen LogP) is 2.22. The smallest absolute Gasteiger partial charge is 0.141 e. The predicted molar refractivity (Wildman–Crippen MR) is 58.6 cm³/mol. The van der Waals surface area contributed by atoms with Crippen LogP contribution in [0.5, 0.6) is 0 Å². The minimum atomic E-state index is 0.300. The van der Waals surface area contributed by atoms with E-state index >= 15 is 0 Å². The fourth-order valence-corrected chi connectivity index (χ4v) is 2.74. The summed E-state index contributed by atoms with van der Waals surface area (Å²) < 4.78 is 5.49. The van der Waals surface area contributed by atoms with Crippen LogP contribution in [0, 0.1) is 11.3 Å². The summed E-state index contributed by atoms with van der Waals surface area (Å²) in [6.45, 7) is 2.94. The average molecular weight is 220 g/mol. The number of ether oxygens (including phenoxy) is 1. The van der Waals surface area contributed by atoms with Gasteiger partial charge in [0.15, 0.2) is 0 Å². The van der Waals surface area contributed by atoms with E-state index in [1.165, 1.54) is 0 Å². The van der Waals surface area contributed by atoms with Crippen LogP contribution in [0.4, 0.5) is 0 Å². The fraction of sp³-hybridized carbons (Fsp3) is 0.455. The molecule has 0 amide bonds. The van der Waals surface area contributed by atoms with E-state index in [0.717, 1.165) is 17.9 Å². The van der Waals surface area contributed by atoms with E-state index < -0.39 is 0 Å². The Morgan fingerprint density at radius 2 is 2.53 bits per heavy atom. The third-order valence-electron chi connectivity index (χ3n) is 2.44. The second-order valence-corrected chi connectivity index (χ2v) is 4.82. The molecule has 78 valence electrons. The molecule has 0 radical (unpaired) electrons. The maximum Gasteiger partial charge on any atom is 0.141 e. The Morgan fingerprint density at radius 1 is 1.67 bits per heavy atom. The summed E-state index contributed by atoms with van der Waals surface area (Å²) in [6.07, 6.45) is 3.06. The van der Waals surface area contributed by atoms with Gasteiger partial charge in [0.05, 0.1) is 6.10 Å². The summed E-state index contributed by atoms with van der Waals surface area (Å²) in [7, 11) is 0. The lowest BCUT2D eigenvalue weighted by Crippen LogP contribution is -2.12. The minimum Gasteiger partial charge on any atom is -0.377 e. The number of hydrogen-bond donors (Lipinski definition) is 0. The third-order valence-corrected chi connectivity index (χ3v) is 3.89. The first-order valence-electron chi connectivity index (χ1n) is 4.94. The van der Waals surface area contributed by atoms with E-state index in [4.69, 9.17) is 10.00 Å². The van der Waals surface area contributed by atoms with Gasteiger partial charge in [-0.3, -0.25) is 0 Å². The SMILES string of the molecule is CC1OCCC1Sc1ccnc(C#N)c1. The van der Waals surface area contributed by atoms with Gasteiger partial charge in [0.1, 0.15) is 11.8 Å². The molecule has 2 unspecified atom stereocenters. The molecule has 0 spiro atoms. The Kier molecular flexibility index (Phi) is 3.24. The van der Waals surface area contributed by atoms with Crippen molar-refractivity contribution in [1.29, 1.82) is 5.26 Å². The Labute approximate surface area is 93.5 Å². The Bertz CT molecular complexity index is 388. The van der Waals surface area contributed by atoms with Gasteiger partial charge in [-0.2, -0.15) is 5.26 Å². The first kappa shape index (κ1) is 10.5. The fourth-order valence-electron chi connectivity index (χ4n) is 1.59. The number of pyridine rings is 1. The molecule has 2 atom stereocenters. The zero-order valence-electron chi connectivity index (χ0n) is 8.51. The molecule has 0 aliphatic carbocycles. The lowest BCUT2D eigenvalue weighted by molar-refractivity contribution is 0.127. The molecule has 0 N–H and O–H groups in total. The first-order chi connectivity index (χ1) is 7.29. The highest BCUT2D eigenvalue weighted by Gasteiger charge is 2.25. The number of nitriles is 1. The summed E-state index contributed by atoms with van der Waals surface area (Å²) in [5, 5.41) is 9.23. The van der Waals surface area contributed by atoms with E-state index in [2.05, 4.69) is 11.9 Å². The van der Waals surface area contributed by atoms with Gasteiger partial charge in [0.2, 0.25) is 0 Å². The van der Waals surface area contributed by atoms with Crippen LogP contribution >= 0.6 is 11.8 Å². The molecule has 1 saturated heterocycles. The standard InChI is InChI=1S/C11H12N2OS/c1-8-11(3-5-14-8)15-10-2-4-13-9(6-10)7-12/h2,4,6,8,11H,3,5H2,1H3. The molecule has 1 aromatic heterocycles. The van der Waals surface area contributed by atoms with E-state index in [1.807, 2.05) is 18.2 Å². The maximum atomic E-state index is 8.73. The van der Waals surface area contributed by atoms with Crippen LogP contribution < -0.4 is 0 Å². The van der Waals surface area contributed by atoms with Crippen LogP contribution in [0.1, 0.15) is 19.0 Å².